The number of carbonyl (C=O) groups excluding carboxylic acids is 1. The highest BCUT2D eigenvalue weighted by Crippen LogP contribution is 1.91. The third-order valence-corrected chi connectivity index (χ3v) is 0.912. The number of rotatable bonds is 3. The van der Waals surface area contributed by atoms with Crippen molar-refractivity contribution in [3.63, 3.8) is 0 Å². The zero-order chi connectivity index (χ0) is 8.20. The quantitative estimate of drug-likeness (QED) is 0.422. The first kappa shape index (κ1) is 9.10. The molecule has 0 aromatic carbocycles. The van der Waals surface area contributed by atoms with Crippen molar-refractivity contribution < 1.29 is 21.9 Å². The van der Waals surface area contributed by atoms with Gasteiger partial charge in [0, 0.05) is 0 Å². The largest absolute Gasteiger partial charge is 0.399 e. The zero-order valence-corrected chi connectivity index (χ0v) is 5.46. The fourth-order valence-electron chi connectivity index (χ4n) is 0.203. The summed E-state index contributed by atoms with van der Waals surface area (Å²) in [6.07, 6.45) is 3.97. The lowest BCUT2D eigenvalue weighted by Crippen LogP contribution is -2.16. The SMILES string of the molecule is C#CC([C]=O)OS(=O)(=O)O. The highest BCUT2D eigenvalue weighted by atomic mass is 32.3. The van der Waals surface area contributed by atoms with Crippen LogP contribution < -0.4 is 0 Å². The fourth-order valence-corrected chi connectivity index (χ4v) is 0.541. The van der Waals surface area contributed by atoms with Crippen LogP contribution in [0.25, 0.3) is 0 Å². The van der Waals surface area contributed by atoms with Crippen molar-refractivity contribution in [3.8, 4) is 12.3 Å². The third kappa shape index (κ3) is 4.03. The normalized spacial score (nSPS) is 13.6. The highest BCUT2D eigenvalue weighted by Gasteiger charge is 2.13. The van der Waals surface area contributed by atoms with Crippen LogP contribution in [-0.2, 0) is 19.4 Å². The van der Waals surface area contributed by atoms with E-state index in [4.69, 9.17) is 4.55 Å². The van der Waals surface area contributed by atoms with Gasteiger partial charge < -0.3 is 0 Å². The van der Waals surface area contributed by atoms with E-state index in [2.05, 4.69) is 10.6 Å². The number of hydrogen-bond acceptors (Lipinski definition) is 4. The molecule has 55 valence electrons. The fraction of sp³-hybridized carbons (Fsp3) is 0.250. The Balaban J connectivity index is 4.17. The minimum atomic E-state index is -4.65. The van der Waals surface area contributed by atoms with Gasteiger partial charge in [-0.15, -0.1) is 6.42 Å². The van der Waals surface area contributed by atoms with Gasteiger partial charge >= 0.3 is 10.4 Å². The van der Waals surface area contributed by atoms with E-state index in [-0.39, 0.29) is 0 Å². The van der Waals surface area contributed by atoms with Crippen LogP contribution in [0.1, 0.15) is 0 Å². The molecule has 5 nitrogen and oxygen atoms in total. The first-order chi connectivity index (χ1) is 4.49. The average Bonchev–Trinajstić information content (AvgIpc) is 1.81. The molecule has 0 spiro atoms. The van der Waals surface area contributed by atoms with E-state index < -0.39 is 16.5 Å². The maximum Gasteiger partial charge on any atom is 0.399 e. The predicted octanol–water partition coefficient (Wildman–Crippen LogP) is -1.08. The molecule has 0 amide bonds. The van der Waals surface area contributed by atoms with Gasteiger partial charge in [0.15, 0.2) is 0 Å². The summed E-state index contributed by atoms with van der Waals surface area (Å²) in [6.45, 7) is 0. The minimum absolute atomic E-state index is 1.06. The molecule has 0 saturated carbocycles. The van der Waals surface area contributed by atoms with E-state index >= 15 is 0 Å². The Kier molecular flexibility index (Phi) is 3.02. The van der Waals surface area contributed by atoms with E-state index in [0.29, 0.717) is 0 Å². The Morgan fingerprint density at radius 3 is 2.20 bits per heavy atom. The molecule has 0 saturated heterocycles. The van der Waals surface area contributed by atoms with Crippen molar-refractivity contribution in [3.05, 3.63) is 0 Å². The van der Waals surface area contributed by atoms with Gasteiger partial charge in [-0.05, 0) is 0 Å². The molecule has 1 unspecified atom stereocenters. The van der Waals surface area contributed by atoms with Crippen LogP contribution in [0.5, 0.6) is 0 Å². The topological polar surface area (TPSA) is 80.7 Å². The first-order valence-corrected chi connectivity index (χ1v) is 3.35. The van der Waals surface area contributed by atoms with Crippen LogP contribution in [0.4, 0.5) is 0 Å². The molecule has 1 N–H and O–H groups in total. The lowest BCUT2D eigenvalue weighted by Gasteiger charge is -1.97. The highest BCUT2D eigenvalue weighted by molar-refractivity contribution is 7.80. The molecule has 0 bridgehead atoms. The molecule has 6 heteroatoms. The zero-order valence-electron chi connectivity index (χ0n) is 4.64. The second-order valence-corrected chi connectivity index (χ2v) is 2.24. The Morgan fingerprint density at radius 1 is 1.60 bits per heavy atom. The van der Waals surface area contributed by atoms with Crippen molar-refractivity contribution >= 4 is 16.7 Å². The molecule has 0 rings (SSSR count). The summed E-state index contributed by atoms with van der Waals surface area (Å²) in [5, 5.41) is 0. The molecule has 0 aromatic heterocycles. The summed E-state index contributed by atoms with van der Waals surface area (Å²) < 4.78 is 31.2. The van der Waals surface area contributed by atoms with Gasteiger partial charge in [0.05, 0.1) is 0 Å². The number of hydrogen-bond donors (Lipinski definition) is 1. The molecule has 0 aliphatic heterocycles. The Labute approximate surface area is 57.9 Å². The molecule has 10 heavy (non-hydrogen) atoms. The summed E-state index contributed by atoms with van der Waals surface area (Å²) in [4.78, 5) is 9.65. The van der Waals surface area contributed by atoms with Gasteiger partial charge in [0.1, 0.15) is 0 Å². The van der Waals surface area contributed by atoms with E-state index in [0.717, 1.165) is 6.29 Å². The first-order valence-electron chi connectivity index (χ1n) is 1.99. The molecular formula is C4H3O5S. The maximum atomic E-state index is 9.82. The molecule has 0 aliphatic rings. The van der Waals surface area contributed by atoms with E-state index in [1.54, 1.807) is 5.92 Å². The molecule has 1 atom stereocenters. The minimum Gasteiger partial charge on any atom is -0.287 e. The second-order valence-electron chi connectivity index (χ2n) is 1.19. The lowest BCUT2D eigenvalue weighted by atomic mass is 10.4. The standard InChI is InChI=1S/C4H3O5S/c1-2-4(3-5)9-10(6,7)8/h1,4H,(H,6,7,8). The van der Waals surface area contributed by atoms with Crippen molar-refractivity contribution in [2.45, 2.75) is 6.10 Å². The average molecular weight is 163 g/mol. The van der Waals surface area contributed by atoms with Crippen molar-refractivity contribution in [2.24, 2.45) is 0 Å². The van der Waals surface area contributed by atoms with Crippen molar-refractivity contribution in [1.29, 1.82) is 0 Å². The second kappa shape index (κ2) is 3.31. The van der Waals surface area contributed by atoms with Crippen LogP contribution in [0.2, 0.25) is 0 Å². The van der Waals surface area contributed by atoms with Crippen LogP contribution in [-0.4, -0.2) is 25.4 Å². The molecule has 0 aromatic rings. The van der Waals surface area contributed by atoms with Gasteiger partial charge in [-0.3, -0.25) is 9.35 Å². The van der Waals surface area contributed by atoms with Crippen LogP contribution in [0, 0.1) is 12.3 Å². The smallest absolute Gasteiger partial charge is 0.287 e. The van der Waals surface area contributed by atoms with E-state index in [9.17, 15) is 13.2 Å². The van der Waals surface area contributed by atoms with Gasteiger partial charge in [0.25, 0.3) is 0 Å². The summed E-state index contributed by atoms with van der Waals surface area (Å²) in [6, 6.07) is 0. The molecule has 1 radical (unpaired) electrons. The van der Waals surface area contributed by atoms with Gasteiger partial charge in [-0.2, -0.15) is 8.42 Å². The maximum absolute atomic E-state index is 9.82. The van der Waals surface area contributed by atoms with Crippen LogP contribution >= 0.6 is 0 Å². The van der Waals surface area contributed by atoms with Crippen LogP contribution in [0.15, 0.2) is 0 Å². The monoisotopic (exact) mass is 163 g/mol. The van der Waals surface area contributed by atoms with Gasteiger partial charge in [-0.1, -0.05) is 5.92 Å². The van der Waals surface area contributed by atoms with E-state index in [1.807, 2.05) is 0 Å². The third-order valence-electron chi connectivity index (χ3n) is 0.476. The van der Waals surface area contributed by atoms with Gasteiger partial charge in [-0.25, -0.2) is 4.18 Å². The van der Waals surface area contributed by atoms with Gasteiger partial charge in [0.2, 0.25) is 12.4 Å². The van der Waals surface area contributed by atoms with Crippen molar-refractivity contribution in [1.82, 2.24) is 0 Å². The van der Waals surface area contributed by atoms with E-state index in [1.165, 1.54) is 0 Å². The summed E-state index contributed by atoms with van der Waals surface area (Å²) in [7, 11) is -4.65. The molecule has 0 heterocycles. The lowest BCUT2D eigenvalue weighted by molar-refractivity contribution is 0.265. The molecule has 0 aliphatic carbocycles. The van der Waals surface area contributed by atoms with Crippen LogP contribution in [0.3, 0.4) is 0 Å². The summed E-state index contributed by atoms with van der Waals surface area (Å²) >= 11 is 0. The summed E-state index contributed by atoms with van der Waals surface area (Å²) in [5.41, 5.74) is 0. The summed E-state index contributed by atoms with van der Waals surface area (Å²) in [5.74, 6) is 1.62. The Bertz CT molecular complexity index is 245. The predicted molar refractivity (Wildman–Crippen MR) is 30.9 cm³/mol. The Morgan fingerprint density at radius 2 is 2.10 bits per heavy atom. The van der Waals surface area contributed by atoms with Crippen molar-refractivity contribution in [2.75, 3.05) is 0 Å². The number of terminal acetylenes is 1. The Hall–Kier alpha value is -0.900. The molecular weight excluding hydrogens is 160 g/mol. The molecule has 0 fully saturated rings.